The largest absolute Gasteiger partial charge is 0.378 e. The highest BCUT2D eigenvalue weighted by molar-refractivity contribution is 6.38. The highest BCUT2D eigenvalue weighted by Crippen LogP contribution is 2.07. The molecule has 7 heavy (non-hydrogen) atoms. The van der Waals surface area contributed by atoms with Crippen molar-refractivity contribution >= 4 is 9.52 Å². The summed E-state index contributed by atoms with van der Waals surface area (Å²) in [4.78, 5) is 0. The zero-order chi connectivity index (χ0) is 5.11. The van der Waals surface area contributed by atoms with Crippen LogP contribution in [-0.4, -0.2) is 21.9 Å². The average Bonchev–Trinajstić information content (AvgIpc) is 2.42. The number of hydrogen-bond donors (Lipinski definition) is 0. The minimum Gasteiger partial charge on any atom is -0.378 e. The number of epoxide rings is 1. The van der Waals surface area contributed by atoms with Crippen molar-refractivity contribution in [3.8, 4) is 0 Å². The van der Waals surface area contributed by atoms with Gasteiger partial charge in [-0.1, -0.05) is 6.08 Å². The molecule has 0 N–H and O–H groups in total. The van der Waals surface area contributed by atoms with E-state index in [4.69, 9.17) is 4.74 Å². The molecule has 40 valence electrons. The fourth-order valence-corrected chi connectivity index (χ4v) is 1.62. The lowest BCUT2D eigenvalue weighted by Crippen LogP contribution is -1.95. The molecule has 1 heterocycles. The van der Waals surface area contributed by atoms with Gasteiger partial charge in [-0.05, 0) is 6.04 Å². The first-order chi connectivity index (χ1) is 3.43. The van der Waals surface area contributed by atoms with E-state index >= 15 is 0 Å². The summed E-state index contributed by atoms with van der Waals surface area (Å²) in [6.07, 6.45) is 1.99. The monoisotopic (exact) mass is 114 g/mol. The standard InChI is InChI=1S/C5H10OSi/c1-2-3-7-5-4-6-5/h2,5H,1,3-4,7H2. The molecule has 0 radical (unpaired) electrons. The van der Waals surface area contributed by atoms with Crippen molar-refractivity contribution in [2.75, 3.05) is 6.61 Å². The topological polar surface area (TPSA) is 12.5 Å². The van der Waals surface area contributed by atoms with E-state index in [0.29, 0.717) is 0 Å². The Morgan fingerprint density at radius 1 is 2.00 bits per heavy atom. The van der Waals surface area contributed by atoms with E-state index in [-0.39, 0.29) is 9.52 Å². The Morgan fingerprint density at radius 3 is 3.14 bits per heavy atom. The van der Waals surface area contributed by atoms with Gasteiger partial charge in [-0.15, -0.1) is 6.58 Å². The molecule has 0 aromatic rings. The number of rotatable bonds is 3. The third kappa shape index (κ3) is 1.90. The van der Waals surface area contributed by atoms with Gasteiger partial charge >= 0.3 is 0 Å². The lowest BCUT2D eigenvalue weighted by molar-refractivity contribution is 0.454. The molecule has 0 spiro atoms. The minimum absolute atomic E-state index is 0.117. The highest BCUT2D eigenvalue weighted by atomic mass is 28.2. The van der Waals surface area contributed by atoms with E-state index in [9.17, 15) is 0 Å². The van der Waals surface area contributed by atoms with Crippen LogP contribution < -0.4 is 0 Å². The van der Waals surface area contributed by atoms with Gasteiger partial charge in [0.25, 0.3) is 0 Å². The Balaban J connectivity index is 1.88. The molecule has 1 aliphatic heterocycles. The molecule has 0 saturated carbocycles. The molecular weight excluding hydrogens is 104 g/mol. The van der Waals surface area contributed by atoms with Crippen LogP contribution >= 0.6 is 0 Å². The van der Waals surface area contributed by atoms with Crippen LogP contribution in [0, 0.1) is 0 Å². The van der Waals surface area contributed by atoms with E-state index in [1.54, 1.807) is 0 Å². The van der Waals surface area contributed by atoms with Crippen LogP contribution in [0.25, 0.3) is 0 Å². The molecule has 1 rings (SSSR count). The lowest BCUT2D eigenvalue weighted by Gasteiger charge is -1.80. The normalized spacial score (nSPS) is 28.9. The van der Waals surface area contributed by atoms with Crippen molar-refractivity contribution in [2.24, 2.45) is 0 Å². The van der Waals surface area contributed by atoms with Gasteiger partial charge in [0.2, 0.25) is 0 Å². The number of ether oxygens (including phenoxy) is 1. The number of allylic oxidation sites excluding steroid dienone is 1. The van der Waals surface area contributed by atoms with E-state index in [1.807, 2.05) is 6.08 Å². The second-order valence-corrected chi connectivity index (χ2v) is 3.89. The molecule has 1 atom stereocenters. The van der Waals surface area contributed by atoms with Crippen LogP contribution in [-0.2, 0) is 4.74 Å². The maximum absolute atomic E-state index is 5.02. The molecule has 1 fully saturated rings. The van der Waals surface area contributed by atoms with Gasteiger partial charge in [0.15, 0.2) is 0 Å². The molecule has 1 unspecified atom stereocenters. The van der Waals surface area contributed by atoms with Crippen molar-refractivity contribution in [3.63, 3.8) is 0 Å². The fourth-order valence-electron chi connectivity index (χ4n) is 0.538. The van der Waals surface area contributed by atoms with E-state index in [1.165, 1.54) is 6.04 Å². The van der Waals surface area contributed by atoms with Crippen LogP contribution in [0.4, 0.5) is 0 Å². The average molecular weight is 114 g/mol. The quantitative estimate of drug-likeness (QED) is 0.288. The molecule has 0 aromatic heterocycles. The van der Waals surface area contributed by atoms with Crippen LogP contribution in [0.15, 0.2) is 12.7 Å². The van der Waals surface area contributed by atoms with Crippen LogP contribution in [0.5, 0.6) is 0 Å². The second kappa shape index (κ2) is 2.28. The van der Waals surface area contributed by atoms with Gasteiger partial charge in [0, 0.05) is 0 Å². The minimum atomic E-state index is 0.117. The Bertz CT molecular complexity index is 68.5. The molecule has 1 nitrogen and oxygen atoms in total. The molecule has 2 heteroatoms. The smallest absolute Gasteiger partial charge is 0.0692 e. The lowest BCUT2D eigenvalue weighted by atomic mass is 10.8. The Morgan fingerprint density at radius 2 is 2.71 bits per heavy atom. The van der Waals surface area contributed by atoms with Crippen molar-refractivity contribution < 1.29 is 4.74 Å². The summed E-state index contributed by atoms with van der Waals surface area (Å²) in [6.45, 7) is 4.68. The summed E-state index contributed by atoms with van der Waals surface area (Å²) in [5.41, 5.74) is 0.720. The van der Waals surface area contributed by atoms with Crippen molar-refractivity contribution in [2.45, 2.75) is 11.8 Å². The zero-order valence-electron chi connectivity index (χ0n) is 4.39. The predicted molar refractivity (Wildman–Crippen MR) is 33.3 cm³/mol. The second-order valence-electron chi connectivity index (χ2n) is 1.82. The molecule has 0 amide bonds. The van der Waals surface area contributed by atoms with Crippen LogP contribution in [0.2, 0.25) is 6.04 Å². The highest BCUT2D eigenvalue weighted by Gasteiger charge is 2.20. The summed E-state index contributed by atoms with van der Waals surface area (Å²) < 4.78 is 5.02. The number of hydrogen-bond acceptors (Lipinski definition) is 1. The molecule has 0 bridgehead atoms. The maximum Gasteiger partial charge on any atom is 0.0692 e. The van der Waals surface area contributed by atoms with E-state index < -0.39 is 0 Å². The van der Waals surface area contributed by atoms with Crippen molar-refractivity contribution in [3.05, 3.63) is 12.7 Å². The SMILES string of the molecule is C=CC[SiH2]C1CO1. The van der Waals surface area contributed by atoms with Gasteiger partial charge < -0.3 is 4.74 Å². The summed E-state index contributed by atoms with van der Waals surface area (Å²) in [7, 11) is 0.117. The molecule has 1 saturated heterocycles. The molecule has 1 aliphatic rings. The van der Waals surface area contributed by atoms with Gasteiger partial charge in [0.05, 0.1) is 21.9 Å². The first kappa shape index (κ1) is 5.06. The van der Waals surface area contributed by atoms with Crippen molar-refractivity contribution in [1.82, 2.24) is 0 Å². The first-order valence-corrected chi connectivity index (χ1v) is 4.47. The Hall–Kier alpha value is -0.0831. The van der Waals surface area contributed by atoms with Crippen molar-refractivity contribution in [1.29, 1.82) is 0 Å². The zero-order valence-corrected chi connectivity index (χ0v) is 5.81. The van der Waals surface area contributed by atoms with Gasteiger partial charge in [-0.3, -0.25) is 0 Å². The first-order valence-electron chi connectivity index (χ1n) is 2.66. The fraction of sp³-hybridized carbons (Fsp3) is 0.600. The summed E-state index contributed by atoms with van der Waals surface area (Å²) >= 11 is 0. The van der Waals surface area contributed by atoms with Crippen LogP contribution in [0.3, 0.4) is 0 Å². The van der Waals surface area contributed by atoms with Gasteiger partial charge in [0.1, 0.15) is 0 Å². The van der Waals surface area contributed by atoms with E-state index in [2.05, 4.69) is 6.58 Å². The molecular formula is C5H10OSi. The summed E-state index contributed by atoms with van der Waals surface area (Å²) in [6, 6.07) is 1.24. The maximum atomic E-state index is 5.02. The summed E-state index contributed by atoms with van der Waals surface area (Å²) in [5.74, 6) is 0. The Kier molecular flexibility index (Phi) is 1.65. The molecule has 0 aliphatic carbocycles. The van der Waals surface area contributed by atoms with Crippen LogP contribution in [0.1, 0.15) is 0 Å². The van der Waals surface area contributed by atoms with Gasteiger partial charge in [-0.25, -0.2) is 0 Å². The third-order valence-corrected chi connectivity index (χ3v) is 2.95. The Labute approximate surface area is 46.2 Å². The predicted octanol–water partition coefficient (Wildman–Crippen LogP) is 0.116. The summed E-state index contributed by atoms with van der Waals surface area (Å²) in [5, 5.41) is 0. The molecule has 0 aromatic carbocycles. The van der Waals surface area contributed by atoms with Gasteiger partial charge in [-0.2, -0.15) is 0 Å². The van der Waals surface area contributed by atoms with E-state index in [0.717, 1.165) is 12.3 Å². The third-order valence-electron chi connectivity index (χ3n) is 1.10.